The summed E-state index contributed by atoms with van der Waals surface area (Å²) >= 11 is 0. The third kappa shape index (κ3) is 9.18. The largest absolute Gasteiger partial charge is 0.328 e. The highest BCUT2D eigenvalue weighted by Gasteiger charge is 2.35. The third-order valence-corrected chi connectivity index (χ3v) is 9.06. The standard InChI is InChI=1S/C37H55N3O/c1-4-5-6-7-8-9-10-11-12-13-14-15-16-17-18-21-26-39-34-23-20-19-22-33(34)38-37(39)32-28-36(41)40(29-32)35-27-30(2)24-25-31(35)3/h19-20,22-25,27,32H,4-18,21,26,28-29H2,1-3H3. The molecule has 1 saturated heterocycles. The lowest BCUT2D eigenvalue weighted by atomic mass is 10.0. The molecule has 4 nitrogen and oxygen atoms in total. The van der Waals surface area contributed by atoms with Crippen LogP contribution >= 0.6 is 0 Å². The molecule has 1 aliphatic rings. The Bertz CT molecular complexity index is 1210. The van der Waals surface area contributed by atoms with Crippen molar-refractivity contribution in [2.24, 2.45) is 0 Å². The Labute approximate surface area is 249 Å². The van der Waals surface area contributed by atoms with Crippen LogP contribution in [0, 0.1) is 13.8 Å². The minimum Gasteiger partial charge on any atom is -0.328 e. The van der Waals surface area contributed by atoms with E-state index in [0.29, 0.717) is 13.0 Å². The van der Waals surface area contributed by atoms with Gasteiger partial charge < -0.3 is 9.47 Å². The Morgan fingerprint density at radius 2 is 1.34 bits per heavy atom. The second-order valence-electron chi connectivity index (χ2n) is 12.6. The Hall–Kier alpha value is -2.62. The van der Waals surface area contributed by atoms with Gasteiger partial charge in [0.05, 0.1) is 11.0 Å². The molecule has 3 aromatic rings. The summed E-state index contributed by atoms with van der Waals surface area (Å²) in [6.07, 6.45) is 22.7. The van der Waals surface area contributed by atoms with Gasteiger partial charge in [0.2, 0.25) is 5.91 Å². The predicted molar refractivity (Wildman–Crippen MR) is 175 cm³/mol. The Morgan fingerprint density at radius 1 is 0.756 bits per heavy atom. The van der Waals surface area contributed by atoms with Gasteiger partial charge in [-0.25, -0.2) is 4.98 Å². The van der Waals surface area contributed by atoms with E-state index in [-0.39, 0.29) is 11.8 Å². The smallest absolute Gasteiger partial charge is 0.227 e. The van der Waals surface area contributed by atoms with E-state index in [1.54, 1.807) is 0 Å². The molecule has 0 radical (unpaired) electrons. The highest BCUT2D eigenvalue weighted by Crippen LogP contribution is 2.35. The van der Waals surface area contributed by atoms with Crippen LogP contribution in [0.5, 0.6) is 0 Å². The van der Waals surface area contributed by atoms with Crippen molar-refractivity contribution in [1.82, 2.24) is 9.55 Å². The number of amides is 1. The molecule has 1 aliphatic heterocycles. The maximum Gasteiger partial charge on any atom is 0.227 e. The average Bonchev–Trinajstić information content (AvgIpc) is 3.54. The summed E-state index contributed by atoms with van der Waals surface area (Å²) in [5, 5.41) is 0. The van der Waals surface area contributed by atoms with E-state index in [0.717, 1.165) is 29.1 Å². The number of hydrogen-bond donors (Lipinski definition) is 0. The van der Waals surface area contributed by atoms with Crippen LogP contribution in [0.25, 0.3) is 11.0 Å². The van der Waals surface area contributed by atoms with E-state index >= 15 is 0 Å². The second kappa shape index (κ2) is 16.7. The van der Waals surface area contributed by atoms with Gasteiger partial charge in [0.1, 0.15) is 5.82 Å². The van der Waals surface area contributed by atoms with E-state index in [1.807, 2.05) is 4.90 Å². The van der Waals surface area contributed by atoms with Crippen molar-refractivity contribution in [2.45, 2.75) is 142 Å². The molecule has 1 fully saturated rings. The van der Waals surface area contributed by atoms with Gasteiger partial charge >= 0.3 is 0 Å². The first kappa shape index (κ1) is 31.3. The van der Waals surface area contributed by atoms with Gasteiger partial charge in [-0.3, -0.25) is 4.79 Å². The summed E-state index contributed by atoms with van der Waals surface area (Å²) < 4.78 is 2.42. The Kier molecular flexibility index (Phi) is 12.8. The molecule has 41 heavy (non-hydrogen) atoms. The van der Waals surface area contributed by atoms with Crippen LogP contribution in [0.3, 0.4) is 0 Å². The van der Waals surface area contributed by atoms with Crippen LogP contribution in [0.1, 0.15) is 139 Å². The zero-order chi connectivity index (χ0) is 28.9. The van der Waals surface area contributed by atoms with Gasteiger partial charge in [0.15, 0.2) is 0 Å². The lowest BCUT2D eigenvalue weighted by molar-refractivity contribution is -0.117. The molecule has 0 N–H and O–H groups in total. The van der Waals surface area contributed by atoms with Crippen LogP contribution in [0.2, 0.25) is 0 Å². The Balaban J connectivity index is 1.19. The zero-order valence-electron chi connectivity index (χ0n) is 26.3. The summed E-state index contributed by atoms with van der Waals surface area (Å²) in [6, 6.07) is 14.9. The maximum absolute atomic E-state index is 13.2. The second-order valence-corrected chi connectivity index (χ2v) is 12.6. The lowest BCUT2D eigenvalue weighted by Crippen LogP contribution is -2.25. The fourth-order valence-corrected chi connectivity index (χ4v) is 6.58. The number of rotatable bonds is 19. The summed E-state index contributed by atoms with van der Waals surface area (Å²) in [7, 11) is 0. The van der Waals surface area contributed by atoms with Crippen molar-refractivity contribution in [1.29, 1.82) is 0 Å². The number of unbranched alkanes of at least 4 members (excludes halogenated alkanes) is 15. The van der Waals surface area contributed by atoms with Crippen LogP contribution in [0.15, 0.2) is 42.5 Å². The number of carbonyl (C=O) groups is 1. The van der Waals surface area contributed by atoms with Crippen LogP contribution in [0.4, 0.5) is 5.69 Å². The van der Waals surface area contributed by atoms with Crippen molar-refractivity contribution < 1.29 is 4.79 Å². The van der Waals surface area contributed by atoms with Crippen molar-refractivity contribution in [3.05, 3.63) is 59.4 Å². The number of imidazole rings is 1. The summed E-state index contributed by atoms with van der Waals surface area (Å²) in [5.74, 6) is 1.44. The molecule has 0 aliphatic carbocycles. The first-order valence-corrected chi connectivity index (χ1v) is 16.9. The number of aryl methyl sites for hydroxylation is 3. The number of aromatic nitrogens is 2. The molecule has 1 unspecified atom stereocenters. The maximum atomic E-state index is 13.2. The van der Waals surface area contributed by atoms with Gasteiger partial charge in [-0.15, -0.1) is 0 Å². The van der Waals surface area contributed by atoms with Crippen molar-refractivity contribution >= 4 is 22.6 Å². The van der Waals surface area contributed by atoms with Crippen molar-refractivity contribution in [2.75, 3.05) is 11.4 Å². The quantitative estimate of drug-likeness (QED) is 0.137. The number of anilines is 1. The molecule has 0 spiro atoms. The van der Waals surface area contributed by atoms with E-state index in [1.165, 1.54) is 114 Å². The SMILES string of the molecule is CCCCCCCCCCCCCCCCCCn1c(C2CC(=O)N(c3cc(C)ccc3C)C2)nc2ccccc21. The summed E-state index contributed by atoms with van der Waals surface area (Å²) in [6.45, 7) is 8.19. The fourth-order valence-electron chi connectivity index (χ4n) is 6.58. The molecule has 1 amide bonds. The first-order chi connectivity index (χ1) is 20.1. The predicted octanol–water partition coefficient (Wildman–Crippen LogP) is 10.4. The number of carbonyl (C=O) groups excluding carboxylic acids is 1. The monoisotopic (exact) mass is 557 g/mol. The van der Waals surface area contributed by atoms with E-state index < -0.39 is 0 Å². The average molecular weight is 558 g/mol. The van der Waals surface area contributed by atoms with Gasteiger partial charge in [-0.05, 0) is 49.6 Å². The minimum absolute atomic E-state index is 0.135. The van der Waals surface area contributed by atoms with Gasteiger partial charge in [0.25, 0.3) is 0 Å². The van der Waals surface area contributed by atoms with Gasteiger partial charge in [-0.1, -0.05) is 128 Å². The number of fused-ring (bicyclic) bond motifs is 1. The fraction of sp³-hybridized carbons (Fsp3) is 0.622. The molecule has 224 valence electrons. The zero-order valence-corrected chi connectivity index (χ0v) is 26.3. The molecular weight excluding hydrogens is 502 g/mol. The first-order valence-electron chi connectivity index (χ1n) is 16.9. The van der Waals surface area contributed by atoms with E-state index in [2.05, 4.69) is 67.8 Å². The third-order valence-electron chi connectivity index (χ3n) is 9.06. The molecule has 1 atom stereocenters. The van der Waals surface area contributed by atoms with Gasteiger partial charge in [0, 0.05) is 31.1 Å². The summed E-state index contributed by atoms with van der Waals surface area (Å²) in [5.41, 5.74) is 5.67. The molecular formula is C37H55N3O. The number of nitrogens with zero attached hydrogens (tertiary/aromatic N) is 3. The van der Waals surface area contributed by atoms with Crippen molar-refractivity contribution in [3.8, 4) is 0 Å². The van der Waals surface area contributed by atoms with Crippen LogP contribution in [-0.4, -0.2) is 22.0 Å². The molecule has 2 heterocycles. The molecule has 1 aromatic heterocycles. The molecule has 0 bridgehead atoms. The molecule has 4 rings (SSSR count). The Morgan fingerprint density at radius 3 is 1.98 bits per heavy atom. The lowest BCUT2D eigenvalue weighted by Gasteiger charge is -2.20. The highest BCUT2D eigenvalue weighted by molar-refractivity contribution is 5.97. The topological polar surface area (TPSA) is 38.1 Å². The van der Waals surface area contributed by atoms with Crippen LogP contribution in [-0.2, 0) is 11.3 Å². The molecule has 4 heteroatoms. The molecule has 2 aromatic carbocycles. The van der Waals surface area contributed by atoms with Crippen LogP contribution < -0.4 is 4.90 Å². The normalized spacial score (nSPS) is 15.4. The minimum atomic E-state index is 0.135. The number of benzene rings is 2. The van der Waals surface area contributed by atoms with Gasteiger partial charge in [-0.2, -0.15) is 0 Å². The number of hydrogen-bond acceptors (Lipinski definition) is 2. The molecule has 0 saturated carbocycles. The van der Waals surface area contributed by atoms with Crippen molar-refractivity contribution in [3.63, 3.8) is 0 Å². The van der Waals surface area contributed by atoms with E-state index in [9.17, 15) is 4.79 Å². The van der Waals surface area contributed by atoms with E-state index in [4.69, 9.17) is 4.98 Å². The highest BCUT2D eigenvalue weighted by atomic mass is 16.2. The summed E-state index contributed by atoms with van der Waals surface area (Å²) in [4.78, 5) is 20.2. The number of para-hydroxylation sites is 2.